The molecule has 0 aliphatic carbocycles. The van der Waals surface area contributed by atoms with E-state index in [1.165, 1.54) is 21.4 Å². The van der Waals surface area contributed by atoms with Crippen LogP contribution in [0.5, 0.6) is 0 Å². The van der Waals surface area contributed by atoms with E-state index in [1.54, 1.807) is 0 Å². The van der Waals surface area contributed by atoms with E-state index in [9.17, 15) is 0 Å². The minimum Gasteiger partial charge on any atom is -0.301 e. The first-order valence-corrected chi connectivity index (χ1v) is 10.8. The largest absolute Gasteiger partial charge is 0.301 e. The average Bonchev–Trinajstić information content (AvgIpc) is 3.05. The summed E-state index contributed by atoms with van der Waals surface area (Å²) in [6, 6.07) is 32.7. The van der Waals surface area contributed by atoms with Crippen LogP contribution in [0.15, 0.2) is 96.1 Å². The van der Waals surface area contributed by atoms with Crippen LogP contribution in [0.25, 0.3) is 0 Å². The first kappa shape index (κ1) is 19.8. The lowest BCUT2D eigenvalue weighted by molar-refractivity contribution is 0.446. The molecule has 0 bridgehead atoms. The van der Waals surface area contributed by atoms with E-state index >= 15 is 0 Å². The molecule has 0 aromatic heterocycles. The zero-order valence-electron chi connectivity index (χ0n) is 15.7. The van der Waals surface area contributed by atoms with Crippen LogP contribution < -0.4 is 21.3 Å². The monoisotopic (exact) mass is 439 g/mol. The van der Waals surface area contributed by atoms with E-state index in [1.807, 2.05) is 0 Å². The molecule has 1 aliphatic rings. The molecule has 2 nitrogen and oxygen atoms in total. The lowest BCUT2D eigenvalue weighted by Gasteiger charge is -2.27. The lowest BCUT2D eigenvalue weighted by Crippen LogP contribution is -2.37. The third-order valence-electron chi connectivity index (χ3n) is 4.91. The summed E-state index contributed by atoms with van der Waals surface area (Å²) >= 11 is 0. The fourth-order valence-corrected chi connectivity index (χ4v) is 8.21. The molecule has 1 aliphatic heterocycles. The second-order valence-corrected chi connectivity index (χ2v) is 10.8. The molecule has 0 unspecified atom stereocenters. The van der Waals surface area contributed by atoms with Gasteiger partial charge in [0.2, 0.25) is 0 Å². The highest BCUT2D eigenvalue weighted by Gasteiger charge is 2.54. The van der Waals surface area contributed by atoms with Crippen molar-refractivity contribution in [2.45, 2.75) is 25.8 Å². The second kappa shape index (κ2) is 7.96. The van der Waals surface area contributed by atoms with Crippen LogP contribution in [0.3, 0.4) is 0 Å². The summed E-state index contributed by atoms with van der Waals surface area (Å²) < 4.78 is 0. The van der Waals surface area contributed by atoms with E-state index in [-0.39, 0.29) is 22.5 Å². The molecule has 27 heavy (non-hydrogen) atoms. The molecule has 0 fully saturated rings. The smallest absolute Gasteiger partial charge is 0.194 e. The molecule has 1 N–H and O–H groups in total. The van der Waals surface area contributed by atoms with Crippen molar-refractivity contribution in [3.8, 4) is 0 Å². The fraction of sp³-hybridized carbons (Fsp3) is 0.174. The van der Waals surface area contributed by atoms with Gasteiger partial charge in [-0.2, -0.15) is 0 Å². The fourth-order valence-electron chi connectivity index (χ4n) is 3.73. The van der Waals surface area contributed by atoms with Crippen molar-refractivity contribution in [3.05, 3.63) is 91.0 Å². The van der Waals surface area contributed by atoms with Crippen molar-refractivity contribution in [2.75, 3.05) is 0 Å². The number of hydrazone groups is 1. The normalized spacial score (nSPS) is 15.4. The summed E-state index contributed by atoms with van der Waals surface area (Å²) in [4.78, 5) is 0. The predicted octanol–water partition coefficient (Wildman–Crippen LogP) is 4.64. The van der Waals surface area contributed by atoms with Crippen LogP contribution in [0, 0.1) is 0 Å². The van der Waals surface area contributed by atoms with Gasteiger partial charge in [-0.3, -0.25) is 0 Å². The minimum absolute atomic E-state index is 0. The van der Waals surface area contributed by atoms with Gasteiger partial charge >= 0.3 is 0 Å². The highest BCUT2D eigenvalue weighted by atomic mass is 79.9. The molecule has 0 spiro atoms. The Labute approximate surface area is 172 Å². The molecule has 0 saturated carbocycles. The van der Waals surface area contributed by atoms with Gasteiger partial charge in [0, 0.05) is 0 Å². The average molecular weight is 440 g/mol. The van der Waals surface area contributed by atoms with Gasteiger partial charge in [-0.25, -0.2) is 0 Å². The van der Waals surface area contributed by atoms with Crippen molar-refractivity contribution in [2.24, 2.45) is 5.10 Å². The van der Waals surface area contributed by atoms with Crippen LogP contribution >= 0.6 is 24.2 Å². The standard InChI is InChI=1S/C23H24N2P.BrH/c1-23(2)18-22(24-25-23)26(19-12-6-3-7-13-19,20-14-8-4-9-15-20)21-16-10-5-11-17-21;/h3-17,25H,18H2,1-2H3;1H/q+1;. The van der Waals surface area contributed by atoms with Crippen molar-refractivity contribution in [1.29, 1.82) is 0 Å². The number of rotatable bonds is 4. The molecule has 4 heteroatoms. The van der Waals surface area contributed by atoms with Gasteiger partial charge in [0.25, 0.3) is 0 Å². The van der Waals surface area contributed by atoms with Gasteiger partial charge in [0.1, 0.15) is 15.9 Å². The van der Waals surface area contributed by atoms with Crippen LogP contribution in [-0.4, -0.2) is 11.0 Å². The first-order valence-electron chi connectivity index (χ1n) is 9.03. The lowest BCUT2D eigenvalue weighted by atomic mass is 10.0. The Morgan fingerprint density at radius 2 is 1.07 bits per heavy atom. The number of benzene rings is 3. The number of hydrogen-bond acceptors (Lipinski definition) is 2. The van der Waals surface area contributed by atoms with E-state index < -0.39 is 7.26 Å². The highest BCUT2D eigenvalue weighted by molar-refractivity contribution is 8.93. The Morgan fingerprint density at radius 3 is 1.37 bits per heavy atom. The number of hydrogen-bond donors (Lipinski definition) is 1. The van der Waals surface area contributed by atoms with Gasteiger partial charge in [-0.15, -0.1) is 22.1 Å². The SMILES string of the molecule is Br.CC1(C)CC([P+](c2ccccc2)(c2ccccc2)c2ccccc2)=NN1. The van der Waals surface area contributed by atoms with Crippen molar-refractivity contribution in [3.63, 3.8) is 0 Å². The van der Waals surface area contributed by atoms with Gasteiger partial charge in [-0.05, 0) is 50.2 Å². The summed E-state index contributed by atoms with van der Waals surface area (Å²) in [5.41, 5.74) is 4.63. The first-order chi connectivity index (χ1) is 12.6. The van der Waals surface area contributed by atoms with Gasteiger partial charge in [-0.1, -0.05) is 54.6 Å². The quantitative estimate of drug-likeness (QED) is 0.588. The molecular formula is C23H25BrN2P+. The summed E-state index contributed by atoms with van der Waals surface area (Å²) in [6.07, 6.45) is 0.944. The maximum Gasteiger partial charge on any atom is 0.194 e. The molecule has 0 saturated heterocycles. The summed E-state index contributed by atoms with van der Waals surface area (Å²) in [5.74, 6) is 0. The van der Waals surface area contributed by atoms with Crippen LogP contribution in [0.2, 0.25) is 0 Å². The molecule has 0 atom stereocenters. The van der Waals surface area contributed by atoms with Crippen LogP contribution in [-0.2, 0) is 0 Å². The van der Waals surface area contributed by atoms with Crippen molar-refractivity contribution in [1.82, 2.24) is 5.43 Å². The summed E-state index contributed by atoms with van der Waals surface area (Å²) in [7, 11) is -1.99. The minimum atomic E-state index is -1.99. The maximum absolute atomic E-state index is 4.91. The van der Waals surface area contributed by atoms with Crippen molar-refractivity contribution >= 4 is 45.6 Å². The Hall–Kier alpha value is -1.96. The summed E-state index contributed by atoms with van der Waals surface area (Å²) in [5, 5.41) is 8.98. The van der Waals surface area contributed by atoms with E-state index in [0.29, 0.717) is 0 Å². The predicted molar refractivity (Wildman–Crippen MR) is 125 cm³/mol. The Balaban J connectivity index is 0.00000210. The molecule has 0 amide bonds. The number of nitrogens with zero attached hydrogens (tertiary/aromatic N) is 1. The molecule has 4 rings (SSSR count). The molecule has 3 aromatic rings. The van der Waals surface area contributed by atoms with Gasteiger partial charge in [0.15, 0.2) is 12.7 Å². The molecule has 3 aromatic carbocycles. The topological polar surface area (TPSA) is 24.4 Å². The molecule has 138 valence electrons. The van der Waals surface area contributed by atoms with E-state index in [4.69, 9.17) is 5.10 Å². The Kier molecular flexibility index (Phi) is 5.83. The maximum atomic E-state index is 4.91. The van der Waals surface area contributed by atoms with E-state index in [0.717, 1.165) is 6.42 Å². The van der Waals surface area contributed by atoms with Crippen molar-refractivity contribution < 1.29 is 0 Å². The zero-order valence-corrected chi connectivity index (χ0v) is 18.3. The molecular weight excluding hydrogens is 415 g/mol. The summed E-state index contributed by atoms with van der Waals surface area (Å²) in [6.45, 7) is 4.44. The second-order valence-electron chi connectivity index (χ2n) is 7.38. The van der Waals surface area contributed by atoms with Crippen LogP contribution in [0.4, 0.5) is 0 Å². The number of halogens is 1. The third-order valence-corrected chi connectivity index (χ3v) is 9.16. The molecule has 0 radical (unpaired) electrons. The van der Waals surface area contributed by atoms with Crippen LogP contribution in [0.1, 0.15) is 20.3 Å². The zero-order chi connectivity index (χ0) is 18.0. The molecule has 1 heterocycles. The Morgan fingerprint density at radius 1 is 0.704 bits per heavy atom. The highest BCUT2D eigenvalue weighted by Crippen LogP contribution is 2.59. The third kappa shape index (κ3) is 3.59. The van der Waals surface area contributed by atoms with Gasteiger partial charge < -0.3 is 5.43 Å². The van der Waals surface area contributed by atoms with E-state index in [2.05, 4.69) is 110 Å². The number of nitrogens with one attached hydrogen (secondary N) is 1. The Bertz CT molecular complexity index is 812. The van der Waals surface area contributed by atoms with Gasteiger partial charge in [0.05, 0.1) is 12.0 Å².